The van der Waals surface area contributed by atoms with Crippen LogP contribution in [0.2, 0.25) is 0 Å². The number of alkyl halides is 3. The summed E-state index contributed by atoms with van der Waals surface area (Å²) in [5, 5.41) is 16.0. The molecule has 12 heteroatoms. The third kappa shape index (κ3) is 4.58. The summed E-state index contributed by atoms with van der Waals surface area (Å²) in [6, 6.07) is 10.9. The van der Waals surface area contributed by atoms with E-state index in [1.165, 1.54) is 42.2 Å². The average Bonchev–Trinajstić information content (AvgIpc) is 3.56. The minimum absolute atomic E-state index is 0.0625. The monoisotopic (exact) mass is 505 g/mol. The molecular weight excluding hydrogens is 487 g/mol. The first kappa shape index (κ1) is 23.9. The number of carbonyl (C=O) groups is 1. The summed E-state index contributed by atoms with van der Waals surface area (Å²) >= 11 is 0. The standard InChI is InChI=1S/C25H18F3N7O2/c1-14-21(20-9-10-31-35(20)19-8-7-17(12-29)30-13-19)33-22(23(36)32-16-5-6-16)24(37)34(14)18-4-2-3-15(11-18)25(26,27)28/h2-4,7-11,13,16H,5-6H2,1H3,(H,32,36). The second kappa shape index (κ2) is 9.02. The highest BCUT2D eigenvalue weighted by molar-refractivity contribution is 5.93. The Hall–Kier alpha value is -4.79. The Bertz CT molecular complexity index is 1610. The van der Waals surface area contributed by atoms with Crippen molar-refractivity contribution in [3.8, 4) is 28.8 Å². The third-order valence-corrected chi connectivity index (χ3v) is 5.86. The number of nitrogens with one attached hydrogen (secondary N) is 1. The topological polar surface area (TPSA) is 118 Å². The van der Waals surface area contributed by atoms with E-state index < -0.39 is 28.9 Å². The van der Waals surface area contributed by atoms with Gasteiger partial charge in [0.1, 0.15) is 17.5 Å². The van der Waals surface area contributed by atoms with Crippen LogP contribution in [0.15, 0.2) is 59.7 Å². The molecule has 1 fully saturated rings. The normalized spacial score (nSPS) is 13.3. The molecule has 1 saturated carbocycles. The maximum atomic E-state index is 13.4. The van der Waals surface area contributed by atoms with Gasteiger partial charge in [-0.25, -0.2) is 14.6 Å². The molecule has 0 atom stereocenters. The third-order valence-electron chi connectivity index (χ3n) is 5.86. The van der Waals surface area contributed by atoms with Crippen LogP contribution in [0.1, 0.15) is 40.3 Å². The quantitative estimate of drug-likeness (QED) is 0.443. The van der Waals surface area contributed by atoms with Gasteiger partial charge in [-0.15, -0.1) is 0 Å². The van der Waals surface area contributed by atoms with E-state index in [4.69, 9.17) is 5.26 Å². The number of halogens is 3. The second-order valence-electron chi connectivity index (χ2n) is 8.47. The molecule has 9 nitrogen and oxygen atoms in total. The van der Waals surface area contributed by atoms with Crippen LogP contribution in [0, 0.1) is 18.3 Å². The number of carbonyl (C=O) groups excluding carboxylic acids is 1. The van der Waals surface area contributed by atoms with E-state index >= 15 is 0 Å². The van der Waals surface area contributed by atoms with Crippen LogP contribution in [-0.2, 0) is 6.18 Å². The molecular formula is C25H18F3N7O2. The number of amides is 1. The Morgan fingerprint density at radius 1 is 1.16 bits per heavy atom. The van der Waals surface area contributed by atoms with Gasteiger partial charge in [-0.3, -0.25) is 14.2 Å². The van der Waals surface area contributed by atoms with Gasteiger partial charge in [0.2, 0.25) is 0 Å². The number of benzene rings is 1. The van der Waals surface area contributed by atoms with Crippen molar-refractivity contribution in [3.05, 3.63) is 87.9 Å². The molecule has 3 heterocycles. The Labute approximate surface area is 207 Å². The number of nitrogens with zero attached hydrogens (tertiary/aromatic N) is 6. The van der Waals surface area contributed by atoms with Gasteiger partial charge in [-0.05, 0) is 56.2 Å². The fourth-order valence-electron chi connectivity index (χ4n) is 3.87. The molecule has 1 N–H and O–H groups in total. The van der Waals surface area contributed by atoms with Gasteiger partial charge in [-0.1, -0.05) is 6.07 Å². The Morgan fingerprint density at radius 3 is 2.59 bits per heavy atom. The predicted molar refractivity (Wildman–Crippen MR) is 125 cm³/mol. The molecule has 4 aromatic rings. The van der Waals surface area contributed by atoms with Crippen molar-refractivity contribution in [3.63, 3.8) is 0 Å². The molecule has 0 bridgehead atoms. The molecule has 1 aromatic carbocycles. The summed E-state index contributed by atoms with van der Waals surface area (Å²) in [6.07, 6.45) is -0.196. The Balaban J connectivity index is 1.73. The molecule has 186 valence electrons. The molecule has 0 unspecified atom stereocenters. The van der Waals surface area contributed by atoms with Gasteiger partial charge in [0, 0.05) is 11.7 Å². The molecule has 3 aromatic heterocycles. The van der Waals surface area contributed by atoms with Crippen LogP contribution < -0.4 is 10.9 Å². The second-order valence-corrected chi connectivity index (χ2v) is 8.47. The highest BCUT2D eigenvalue weighted by atomic mass is 19.4. The van der Waals surface area contributed by atoms with Crippen LogP contribution >= 0.6 is 0 Å². The zero-order valence-electron chi connectivity index (χ0n) is 19.3. The Morgan fingerprint density at radius 2 is 1.95 bits per heavy atom. The van der Waals surface area contributed by atoms with Crippen molar-refractivity contribution >= 4 is 5.91 Å². The van der Waals surface area contributed by atoms with E-state index in [0.29, 0.717) is 11.4 Å². The maximum absolute atomic E-state index is 13.4. The number of pyridine rings is 1. The number of aromatic nitrogens is 5. The molecule has 37 heavy (non-hydrogen) atoms. The highest BCUT2D eigenvalue weighted by Crippen LogP contribution is 2.31. The summed E-state index contributed by atoms with van der Waals surface area (Å²) in [7, 11) is 0. The number of hydrogen-bond donors (Lipinski definition) is 1. The lowest BCUT2D eigenvalue weighted by atomic mass is 10.1. The molecule has 0 aliphatic heterocycles. The molecule has 1 aliphatic rings. The van der Waals surface area contributed by atoms with Gasteiger partial charge >= 0.3 is 6.18 Å². The lowest BCUT2D eigenvalue weighted by Crippen LogP contribution is -2.36. The summed E-state index contributed by atoms with van der Waals surface area (Å²) in [4.78, 5) is 34.8. The van der Waals surface area contributed by atoms with E-state index in [9.17, 15) is 22.8 Å². The van der Waals surface area contributed by atoms with Gasteiger partial charge in [0.05, 0.1) is 35.0 Å². The van der Waals surface area contributed by atoms with E-state index in [0.717, 1.165) is 29.5 Å². The summed E-state index contributed by atoms with van der Waals surface area (Å²) < 4.78 is 42.8. The van der Waals surface area contributed by atoms with Crippen molar-refractivity contribution in [2.45, 2.75) is 32.0 Å². The highest BCUT2D eigenvalue weighted by Gasteiger charge is 2.32. The predicted octanol–water partition coefficient (Wildman–Crippen LogP) is 3.57. The maximum Gasteiger partial charge on any atom is 0.416 e. The summed E-state index contributed by atoms with van der Waals surface area (Å²) in [5.74, 6) is -0.708. The van der Waals surface area contributed by atoms with Crippen molar-refractivity contribution in [1.82, 2.24) is 29.6 Å². The minimum atomic E-state index is -4.63. The molecule has 1 aliphatic carbocycles. The first-order valence-electron chi connectivity index (χ1n) is 11.2. The fraction of sp³-hybridized carbons (Fsp3) is 0.200. The van der Waals surface area contributed by atoms with E-state index in [1.54, 1.807) is 12.1 Å². The molecule has 0 spiro atoms. The molecule has 0 saturated heterocycles. The molecule has 1 amide bonds. The lowest BCUT2D eigenvalue weighted by molar-refractivity contribution is -0.137. The zero-order chi connectivity index (χ0) is 26.3. The van der Waals surface area contributed by atoms with Crippen molar-refractivity contribution in [2.24, 2.45) is 0 Å². The van der Waals surface area contributed by atoms with Crippen molar-refractivity contribution in [2.75, 3.05) is 0 Å². The van der Waals surface area contributed by atoms with Gasteiger partial charge in [0.15, 0.2) is 5.69 Å². The van der Waals surface area contributed by atoms with Crippen molar-refractivity contribution in [1.29, 1.82) is 5.26 Å². The van der Waals surface area contributed by atoms with E-state index in [2.05, 4.69) is 20.4 Å². The summed E-state index contributed by atoms with van der Waals surface area (Å²) in [5.41, 5.74) is -0.883. The van der Waals surface area contributed by atoms with E-state index in [1.807, 2.05) is 6.07 Å². The number of nitriles is 1. The van der Waals surface area contributed by atoms with Gasteiger partial charge < -0.3 is 5.32 Å². The van der Waals surface area contributed by atoms with Crippen LogP contribution in [0.5, 0.6) is 0 Å². The van der Waals surface area contributed by atoms with Crippen LogP contribution in [0.25, 0.3) is 22.8 Å². The molecule has 5 rings (SSSR count). The zero-order valence-corrected chi connectivity index (χ0v) is 19.3. The Kier molecular flexibility index (Phi) is 5.83. The average molecular weight is 505 g/mol. The largest absolute Gasteiger partial charge is 0.416 e. The van der Waals surface area contributed by atoms with Gasteiger partial charge in [-0.2, -0.15) is 23.5 Å². The van der Waals surface area contributed by atoms with Crippen LogP contribution in [0.3, 0.4) is 0 Å². The lowest BCUT2D eigenvalue weighted by Gasteiger charge is -2.17. The fourth-order valence-corrected chi connectivity index (χ4v) is 3.87. The number of rotatable bonds is 5. The van der Waals surface area contributed by atoms with E-state index in [-0.39, 0.29) is 28.8 Å². The first-order valence-corrected chi connectivity index (χ1v) is 11.2. The van der Waals surface area contributed by atoms with Gasteiger partial charge in [0.25, 0.3) is 11.5 Å². The van der Waals surface area contributed by atoms with Crippen molar-refractivity contribution < 1.29 is 18.0 Å². The summed E-state index contributed by atoms with van der Waals surface area (Å²) in [6.45, 7) is 1.53. The SMILES string of the molecule is Cc1c(-c2ccnn2-c2ccc(C#N)nc2)nc(C(=O)NC2CC2)c(=O)n1-c1cccc(C(F)(F)F)c1. The van der Waals surface area contributed by atoms with Crippen LogP contribution in [0.4, 0.5) is 13.2 Å². The smallest absolute Gasteiger partial charge is 0.348 e. The first-order chi connectivity index (χ1) is 17.7. The van der Waals surface area contributed by atoms with Crippen LogP contribution in [-0.4, -0.2) is 36.3 Å². The minimum Gasteiger partial charge on any atom is -0.348 e. The molecule has 0 radical (unpaired) electrons. The number of hydrogen-bond acceptors (Lipinski definition) is 6.